The molecule has 38 heavy (non-hydrogen) atoms. The minimum atomic E-state index is -1.10. The molecule has 1 aromatic rings. The number of likely N-dealkylation sites (tertiary alicyclic amines) is 1. The molecule has 1 aliphatic heterocycles. The Labute approximate surface area is 230 Å². The second kappa shape index (κ2) is 13.9. The molecular formula is C28H43N3O6S. The highest BCUT2D eigenvalue weighted by molar-refractivity contribution is 7.98. The Balaban J connectivity index is 2.29. The van der Waals surface area contributed by atoms with Gasteiger partial charge in [-0.25, -0.2) is 9.59 Å². The van der Waals surface area contributed by atoms with Crippen LogP contribution in [0.15, 0.2) is 30.3 Å². The van der Waals surface area contributed by atoms with Crippen molar-refractivity contribution in [3.8, 4) is 0 Å². The number of carbonyl (C=O) groups excluding carboxylic acids is 3. The average molecular weight is 550 g/mol. The lowest BCUT2D eigenvalue weighted by molar-refractivity contribution is -0.142. The van der Waals surface area contributed by atoms with Crippen LogP contribution in [-0.4, -0.2) is 76.7 Å². The van der Waals surface area contributed by atoms with Crippen molar-refractivity contribution in [1.29, 1.82) is 0 Å². The second-order valence-corrected chi connectivity index (χ2v) is 11.9. The first-order chi connectivity index (χ1) is 17.8. The van der Waals surface area contributed by atoms with Crippen LogP contribution in [-0.2, 0) is 24.5 Å². The molecule has 0 spiro atoms. The number of ether oxygens (including phenoxy) is 1. The number of thioether (sulfide) groups is 1. The maximum absolute atomic E-state index is 14.0. The maximum Gasteiger partial charge on any atom is 0.410 e. The third kappa shape index (κ3) is 8.38. The molecule has 10 heteroatoms. The smallest absolute Gasteiger partial charge is 0.410 e. The number of amides is 3. The fourth-order valence-corrected chi connectivity index (χ4v) is 5.01. The largest absolute Gasteiger partial charge is 0.480 e. The Morgan fingerprint density at radius 3 is 2.21 bits per heavy atom. The zero-order valence-corrected chi connectivity index (χ0v) is 24.2. The van der Waals surface area contributed by atoms with Crippen molar-refractivity contribution in [2.24, 2.45) is 5.92 Å². The van der Waals surface area contributed by atoms with Crippen molar-refractivity contribution < 1.29 is 29.0 Å². The Hall–Kier alpha value is -2.75. The molecule has 0 aromatic heterocycles. The van der Waals surface area contributed by atoms with Crippen molar-refractivity contribution in [3.63, 3.8) is 0 Å². The summed E-state index contributed by atoms with van der Waals surface area (Å²) < 4.78 is 5.52. The predicted octanol–water partition coefficient (Wildman–Crippen LogP) is 3.81. The SMILES string of the molecule is CC[C@@H](C)[C@H](NC(=O)C1(c2ccccc2)CCN(C(=O)OC(C)(C)C)CC1)C(=O)N[C@@H](CCSC)C(=O)O. The van der Waals surface area contributed by atoms with Gasteiger partial charge in [0.25, 0.3) is 0 Å². The summed E-state index contributed by atoms with van der Waals surface area (Å²) in [6.45, 7) is 9.88. The van der Waals surface area contributed by atoms with Gasteiger partial charge in [0, 0.05) is 13.1 Å². The summed E-state index contributed by atoms with van der Waals surface area (Å²) in [5.41, 5.74) is -0.757. The zero-order valence-electron chi connectivity index (χ0n) is 23.4. The fourth-order valence-electron chi connectivity index (χ4n) is 4.54. The Kier molecular flexibility index (Phi) is 11.5. The van der Waals surface area contributed by atoms with Crippen molar-refractivity contribution >= 4 is 35.6 Å². The van der Waals surface area contributed by atoms with Crippen molar-refractivity contribution in [2.75, 3.05) is 25.1 Å². The molecule has 3 atom stereocenters. The van der Waals surface area contributed by atoms with Gasteiger partial charge in [0.1, 0.15) is 17.7 Å². The summed E-state index contributed by atoms with van der Waals surface area (Å²) in [6.07, 6.45) is 3.09. The topological polar surface area (TPSA) is 125 Å². The molecular weight excluding hydrogens is 506 g/mol. The van der Waals surface area contributed by atoms with Gasteiger partial charge in [-0.2, -0.15) is 11.8 Å². The molecule has 1 aliphatic rings. The summed E-state index contributed by atoms with van der Waals surface area (Å²) in [5, 5.41) is 15.2. The number of rotatable bonds is 11. The van der Waals surface area contributed by atoms with E-state index in [-0.39, 0.29) is 18.2 Å². The van der Waals surface area contributed by atoms with Gasteiger partial charge in [-0.15, -0.1) is 0 Å². The molecule has 0 aliphatic carbocycles. The van der Waals surface area contributed by atoms with Crippen molar-refractivity contribution in [2.45, 2.75) is 83.4 Å². The lowest BCUT2D eigenvalue weighted by Gasteiger charge is -2.42. The van der Waals surface area contributed by atoms with Gasteiger partial charge in [0.15, 0.2) is 0 Å². The summed E-state index contributed by atoms with van der Waals surface area (Å²) in [6, 6.07) is 7.47. The van der Waals surface area contributed by atoms with E-state index in [0.717, 1.165) is 5.56 Å². The number of hydrogen-bond acceptors (Lipinski definition) is 6. The highest BCUT2D eigenvalue weighted by atomic mass is 32.2. The van der Waals surface area contributed by atoms with Gasteiger partial charge in [-0.3, -0.25) is 9.59 Å². The molecule has 9 nitrogen and oxygen atoms in total. The van der Waals surface area contributed by atoms with Crippen LogP contribution >= 0.6 is 11.8 Å². The van der Waals surface area contributed by atoms with Gasteiger partial charge in [-0.05, 0) is 63.5 Å². The molecule has 3 N–H and O–H groups in total. The number of carboxylic acid groups (broad SMARTS) is 1. The van der Waals surface area contributed by atoms with E-state index in [9.17, 15) is 24.3 Å². The number of carboxylic acids is 1. The first-order valence-corrected chi connectivity index (χ1v) is 14.6. The molecule has 212 valence electrons. The van der Waals surface area contributed by atoms with E-state index < -0.39 is 41.1 Å². The van der Waals surface area contributed by atoms with Crippen LogP contribution in [0.1, 0.15) is 65.9 Å². The summed E-state index contributed by atoms with van der Waals surface area (Å²) in [5.74, 6) is -1.54. The summed E-state index contributed by atoms with van der Waals surface area (Å²) >= 11 is 1.50. The third-order valence-corrected chi connectivity index (χ3v) is 7.68. The number of aliphatic carboxylic acids is 1. The molecule has 1 fully saturated rings. The standard InChI is InChI=1S/C28H43N3O6S/c1-7-19(2)22(23(32)29-21(24(33)34)13-18-38-6)30-25(35)28(20-11-9-8-10-12-20)14-16-31(17-15-28)26(36)37-27(3,4)5/h8-12,19,21-22H,7,13-18H2,1-6H3,(H,29,32)(H,30,35)(H,33,34)/t19-,21+,22+/m1/s1. The monoisotopic (exact) mass is 549 g/mol. The highest BCUT2D eigenvalue weighted by Gasteiger charge is 2.46. The molecule has 1 heterocycles. The molecule has 3 amide bonds. The highest BCUT2D eigenvalue weighted by Crippen LogP contribution is 2.37. The quantitative estimate of drug-likeness (QED) is 0.383. The maximum atomic E-state index is 14.0. The lowest BCUT2D eigenvalue weighted by atomic mass is 9.71. The molecule has 0 radical (unpaired) electrons. The van der Waals surface area contributed by atoms with Gasteiger partial charge in [0.2, 0.25) is 11.8 Å². The van der Waals surface area contributed by atoms with Gasteiger partial charge in [-0.1, -0.05) is 50.6 Å². The van der Waals surface area contributed by atoms with Crippen LogP contribution in [0.4, 0.5) is 4.79 Å². The van der Waals surface area contributed by atoms with Crippen molar-refractivity contribution in [3.05, 3.63) is 35.9 Å². The summed E-state index contributed by atoms with van der Waals surface area (Å²) in [4.78, 5) is 53.3. The molecule has 2 rings (SSSR count). The van der Waals surface area contributed by atoms with Crippen LogP contribution < -0.4 is 10.6 Å². The van der Waals surface area contributed by atoms with E-state index in [4.69, 9.17) is 4.74 Å². The second-order valence-electron chi connectivity index (χ2n) is 10.9. The van der Waals surface area contributed by atoms with Crippen LogP contribution in [0.2, 0.25) is 0 Å². The van der Waals surface area contributed by atoms with E-state index in [1.54, 1.807) is 4.90 Å². The number of hydrogen-bond donors (Lipinski definition) is 3. The van der Waals surface area contributed by atoms with Crippen LogP contribution in [0, 0.1) is 5.92 Å². The average Bonchev–Trinajstić information content (AvgIpc) is 2.88. The molecule has 1 saturated heterocycles. The van der Waals surface area contributed by atoms with Crippen LogP contribution in [0.5, 0.6) is 0 Å². The molecule has 0 unspecified atom stereocenters. The van der Waals surface area contributed by atoms with Gasteiger partial charge in [0.05, 0.1) is 5.41 Å². The first-order valence-electron chi connectivity index (χ1n) is 13.2. The van der Waals surface area contributed by atoms with Crippen LogP contribution in [0.25, 0.3) is 0 Å². The Morgan fingerprint density at radius 2 is 1.71 bits per heavy atom. The lowest BCUT2D eigenvalue weighted by Crippen LogP contribution is -2.59. The van der Waals surface area contributed by atoms with E-state index >= 15 is 0 Å². The number of nitrogens with one attached hydrogen (secondary N) is 2. The Morgan fingerprint density at radius 1 is 1.11 bits per heavy atom. The number of nitrogens with zero attached hydrogens (tertiary/aromatic N) is 1. The number of benzene rings is 1. The van der Waals surface area contributed by atoms with Crippen LogP contribution in [0.3, 0.4) is 0 Å². The minimum absolute atomic E-state index is 0.219. The molecule has 1 aromatic carbocycles. The fraction of sp³-hybridized carbons (Fsp3) is 0.643. The number of carbonyl (C=O) groups is 4. The van der Waals surface area contributed by atoms with E-state index in [1.165, 1.54) is 11.8 Å². The predicted molar refractivity (Wildman–Crippen MR) is 149 cm³/mol. The first kappa shape index (κ1) is 31.5. The zero-order chi connectivity index (χ0) is 28.5. The van der Waals surface area contributed by atoms with E-state index in [0.29, 0.717) is 38.1 Å². The summed E-state index contributed by atoms with van der Waals surface area (Å²) in [7, 11) is 0. The third-order valence-electron chi connectivity index (χ3n) is 7.04. The van der Waals surface area contributed by atoms with Gasteiger partial charge < -0.3 is 25.4 Å². The normalized spacial score (nSPS) is 17.6. The minimum Gasteiger partial charge on any atom is -0.480 e. The van der Waals surface area contributed by atoms with Gasteiger partial charge >= 0.3 is 12.1 Å². The van der Waals surface area contributed by atoms with E-state index in [2.05, 4.69) is 10.6 Å². The molecule has 0 bridgehead atoms. The number of piperidine rings is 1. The Bertz CT molecular complexity index is 957. The van der Waals surface area contributed by atoms with E-state index in [1.807, 2.05) is 71.2 Å². The molecule has 0 saturated carbocycles. The van der Waals surface area contributed by atoms with Crippen molar-refractivity contribution in [1.82, 2.24) is 15.5 Å².